The van der Waals surface area contributed by atoms with Crippen LogP contribution in [0.25, 0.3) is 11.1 Å². The van der Waals surface area contributed by atoms with Crippen LogP contribution in [0.4, 0.5) is 0 Å². The van der Waals surface area contributed by atoms with E-state index in [-0.39, 0.29) is 5.88 Å². The molecule has 2 rings (SSSR count). The minimum atomic E-state index is 0.247. The van der Waals surface area contributed by atoms with Gasteiger partial charge < -0.3 is 4.42 Å². The second-order valence-electron chi connectivity index (χ2n) is 2.45. The fourth-order valence-corrected chi connectivity index (χ4v) is 1.75. The zero-order chi connectivity index (χ0) is 9.42. The third-order valence-electron chi connectivity index (χ3n) is 1.60. The van der Waals surface area contributed by atoms with Crippen molar-refractivity contribution < 1.29 is 4.42 Å². The summed E-state index contributed by atoms with van der Waals surface area (Å²) in [7, 11) is 0. The van der Waals surface area contributed by atoms with Crippen LogP contribution in [0.15, 0.2) is 21.0 Å². The maximum atomic E-state index is 5.90. The molecular weight excluding hydrogens is 277 g/mol. The first kappa shape index (κ1) is 9.31. The molecule has 68 valence electrons. The van der Waals surface area contributed by atoms with Crippen molar-refractivity contribution in [1.29, 1.82) is 0 Å². The molecule has 1 heterocycles. The molecule has 0 amide bonds. The predicted octanol–water partition coefficient (Wildman–Crippen LogP) is 3.98. The molecule has 0 spiro atoms. The van der Waals surface area contributed by atoms with Crippen LogP contribution < -0.4 is 0 Å². The number of aromatic nitrogens is 1. The molecule has 0 bridgehead atoms. The van der Waals surface area contributed by atoms with E-state index in [9.17, 15) is 0 Å². The molecule has 0 N–H and O–H groups in total. The summed E-state index contributed by atoms with van der Waals surface area (Å²) in [5.41, 5.74) is 1.29. The number of alkyl halides is 1. The van der Waals surface area contributed by atoms with Crippen LogP contribution in [0.2, 0.25) is 5.02 Å². The first-order valence-electron chi connectivity index (χ1n) is 3.51. The van der Waals surface area contributed by atoms with Crippen molar-refractivity contribution in [2.75, 3.05) is 0 Å². The van der Waals surface area contributed by atoms with Crippen LogP contribution in [0.5, 0.6) is 0 Å². The molecule has 0 fully saturated rings. The summed E-state index contributed by atoms with van der Waals surface area (Å²) in [6.45, 7) is 0. The van der Waals surface area contributed by atoms with Crippen LogP contribution in [0.1, 0.15) is 5.89 Å². The van der Waals surface area contributed by atoms with Crippen molar-refractivity contribution in [3.8, 4) is 0 Å². The number of hydrogen-bond acceptors (Lipinski definition) is 2. The number of fused-ring (bicyclic) bond motifs is 1. The van der Waals surface area contributed by atoms with Crippen molar-refractivity contribution in [2.24, 2.45) is 0 Å². The molecule has 0 aliphatic rings. The summed E-state index contributed by atoms with van der Waals surface area (Å²) in [6.07, 6.45) is 0. The topological polar surface area (TPSA) is 26.0 Å². The number of oxazole rings is 1. The highest BCUT2D eigenvalue weighted by Crippen LogP contribution is 2.30. The van der Waals surface area contributed by atoms with E-state index in [1.165, 1.54) is 0 Å². The van der Waals surface area contributed by atoms with Crippen LogP contribution >= 0.6 is 39.1 Å². The standard InChI is InChI=1S/C8H4BrCl2NO/c9-4-1-2-5(11)8-7(4)12-6(3-10)13-8/h1-2H,3H2. The summed E-state index contributed by atoms with van der Waals surface area (Å²) in [6, 6.07) is 3.57. The molecule has 1 aromatic carbocycles. The van der Waals surface area contributed by atoms with Gasteiger partial charge in [-0.2, -0.15) is 0 Å². The Morgan fingerprint density at radius 2 is 2.23 bits per heavy atom. The monoisotopic (exact) mass is 279 g/mol. The molecule has 2 aromatic rings. The Labute approximate surface area is 93.0 Å². The van der Waals surface area contributed by atoms with Gasteiger partial charge in [0, 0.05) is 4.47 Å². The summed E-state index contributed by atoms with van der Waals surface area (Å²) < 4.78 is 6.18. The lowest BCUT2D eigenvalue weighted by molar-refractivity contribution is 0.555. The van der Waals surface area contributed by atoms with E-state index in [1.54, 1.807) is 6.07 Å². The Hall–Kier alpha value is -0.250. The van der Waals surface area contributed by atoms with Gasteiger partial charge in [0.05, 0.1) is 10.9 Å². The van der Waals surface area contributed by atoms with Gasteiger partial charge in [-0.05, 0) is 28.1 Å². The summed E-state index contributed by atoms with van der Waals surface area (Å²) in [5.74, 6) is 0.725. The van der Waals surface area contributed by atoms with E-state index in [0.29, 0.717) is 22.0 Å². The molecule has 0 atom stereocenters. The Bertz CT molecular complexity index is 416. The zero-order valence-electron chi connectivity index (χ0n) is 6.35. The molecule has 0 unspecified atom stereocenters. The smallest absolute Gasteiger partial charge is 0.210 e. The van der Waals surface area contributed by atoms with Crippen LogP contribution in [0.3, 0.4) is 0 Å². The number of benzene rings is 1. The van der Waals surface area contributed by atoms with Crippen LogP contribution in [-0.4, -0.2) is 4.98 Å². The fourth-order valence-electron chi connectivity index (χ4n) is 1.05. The van der Waals surface area contributed by atoms with Gasteiger partial charge in [-0.3, -0.25) is 0 Å². The predicted molar refractivity (Wildman–Crippen MR) is 56.3 cm³/mol. The molecule has 5 heteroatoms. The van der Waals surface area contributed by atoms with Gasteiger partial charge in [0.15, 0.2) is 5.58 Å². The lowest BCUT2D eigenvalue weighted by Gasteiger charge is -1.91. The third-order valence-corrected chi connectivity index (χ3v) is 2.77. The van der Waals surface area contributed by atoms with Crippen molar-refractivity contribution in [3.63, 3.8) is 0 Å². The molecule has 0 saturated heterocycles. The molecule has 0 saturated carbocycles. The number of halogens is 3. The number of rotatable bonds is 1. The van der Waals surface area contributed by atoms with Gasteiger partial charge in [0.25, 0.3) is 0 Å². The third kappa shape index (κ3) is 1.56. The molecule has 2 nitrogen and oxygen atoms in total. The molecule has 1 aromatic heterocycles. The highest BCUT2D eigenvalue weighted by atomic mass is 79.9. The van der Waals surface area contributed by atoms with Gasteiger partial charge in [0.2, 0.25) is 5.89 Å². The van der Waals surface area contributed by atoms with Gasteiger partial charge in [-0.15, -0.1) is 11.6 Å². The Morgan fingerprint density at radius 1 is 1.46 bits per heavy atom. The first-order valence-corrected chi connectivity index (χ1v) is 5.22. The average molecular weight is 281 g/mol. The largest absolute Gasteiger partial charge is 0.438 e. The van der Waals surface area contributed by atoms with Gasteiger partial charge >= 0.3 is 0 Å². The van der Waals surface area contributed by atoms with E-state index in [2.05, 4.69) is 20.9 Å². The Morgan fingerprint density at radius 3 is 2.85 bits per heavy atom. The molecule has 0 radical (unpaired) electrons. The van der Waals surface area contributed by atoms with Crippen LogP contribution in [-0.2, 0) is 5.88 Å². The highest BCUT2D eigenvalue weighted by Gasteiger charge is 2.10. The number of hydrogen-bond donors (Lipinski definition) is 0. The van der Waals surface area contributed by atoms with E-state index >= 15 is 0 Å². The SMILES string of the molecule is ClCc1nc2c(Br)ccc(Cl)c2o1. The maximum Gasteiger partial charge on any atom is 0.210 e. The fraction of sp³-hybridized carbons (Fsp3) is 0.125. The van der Waals surface area contributed by atoms with Crippen molar-refractivity contribution in [1.82, 2.24) is 4.98 Å². The molecule has 13 heavy (non-hydrogen) atoms. The van der Waals surface area contributed by atoms with Crippen molar-refractivity contribution >= 4 is 50.2 Å². The lowest BCUT2D eigenvalue weighted by Crippen LogP contribution is -1.74. The normalized spacial score (nSPS) is 11.0. The maximum absolute atomic E-state index is 5.90. The first-order chi connectivity index (χ1) is 6.22. The molecular formula is C8H4BrCl2NO. The van der Waals surface area contributed by atoms with E-state index in [1.807, 2.05) is 6.07 Å². The van der Waals surface area contributed by atoms with E-state index < -0.39 is 0 Å². The average Bonchev–Trinajstić information content (AvgIpc) is 2.56. The molecule has 0 aliphatic heterocycles. The quantitative estimate of drug-likeness (QED) is 0.739. The van der Waals surface area contributed by atoms with Gasteiger partial charge in [-0.25, -0.2) is 4.98 Å². The van der Waals surface area contributed by atoms with E-state index in [0.717, 1.165) is 4.47 Å². The summed E-state index contributed by atoms with van der Waals surface area (Å²) in [4.78, 5) is 4.16. The lowest BCUT2D eigenvalue weighted by atomic mass is 10.3. The number of nitrogens with zero attached hydrogens (tertiary/aromatic N) is 1. The second-order valence-corrected chi connectivity index (χ2v) is 3.98. The summed E-state index contributed by atoms with van der Waals surface area (Å²) in [5, 5.41) is 0.544. The van der Waals surface area contributed by atoms with Crippen molar-refractivity contribution in [2.45, 2.75) is 5.88 Å². The molecule has 0 aliphatic carbocycles. The van der Waals surface area contributed by atoms with E-state index in [4.69, 9.17) is 27.6 Å². The van der Waals surface area contributed by atoms with Gasteiger partial charge in [0.1, 0.15) is 5.52 Å². The minimum Gasteiger partial charge on any atom is -0.438 e. The zero-order valence-corrected chi connectivity index (χ0v) is 9.45. The Balaban J connectivity index is 2.80. The minimum absolute atomic E-state index is 0.247. The highest BCUT2D eigenvalue weighted by molar-refractivity contribution is 9.10. The van der Waals surface area contributed by atoms with Crippen LogP contribution in [0, 0.1) is 0 Å². The van der Waals surface area contributed by atoms with Gasteiger partial charge in [-0.1, -0.05) is 11.6 Å². The second kappa shape index (κ2) is 3.48. The Kier molecular flexibility index (Phi) is 2.49. The summed E-state index contributed by atoms with van der Waals surface area (Å²) >= 11 is 14.8. The van der Waals surface area contributed by atoms with Crippen molar-refractivity contribution in [3.05, 3.63) is 27.5 Å².